The van der Waals surface area contributed by atoms with Gasteiger partial charge in [-0.3, -0.25) is 0 Å². The summed E-state index contributed by atoms with van der Waals surface area (Å²) in [5.74, 6) is 1.30. The third-order valence-electron chi connectivity index (χ3n) is 4.76. The van der Waals surface area contributed by atoms with E-state index in [1.54, 1.807) is 6.07 Å². The van der Waals surface area contributed by atoms with Crippen molar-refractivity contribution in [3.05, 3.63) is 48.5 Å². The number of ether oxygens (including phenoxy) is 2. The Morgan fingerprint density at radius 1 is 1.03 bits per heavy atom. The van der Waals surface area contributed by atoms with Crippen LogP contribution in [0.1, 0.15) is 6.42 Å². The second-order valence-corrected chi connectivity index (χ2v) is 9.28. The number of sulfone groups is 1. The fourth-order valence-corrected chi connectivity index (χ4v) is 4.50. The molecule has 3 aromatic rings. The van der Waals surface area contributed by atoms with Crippen molar-refractivity contribution in [1.29, 1.82) is 0 Å². The molecule has 1 aliphatic rings. The Bertz CT molecular complexity index is 1140. The summed E-state index contributed by atoms with van der Waals surface area (Å²) in [6, 6.07) is 13.8. The topological polar surface area (TPSA) is 93.9 Å². The fraction of sp³-hybridized carbons (Fsp3) is 0.318. The Hall–Kier alpha value is -3.04. The zero-order valence-electron chi connectivity index (χ0n) is 17.5. The van der Waals surface area contributed by atoms with Crippen molar-refractivity contribution < 1.29 is 22.3 Å². The normalized spacial score (nSPS) is 13.4. The molecule has 0 bridgehead atoms. The van der Waals surface area contributed by atoms with Crippen LogP contribution in [0.5, 0.6) is 11.5 Å². The lowest BCUT2D eigenvalue weighted by molar-refractivity contribution is 0.171. The van der Waals surface area contributed by atoms with Gasteiger partial charge in [0.25, 0.3) is 0 Å². The molecule has 9 heteroatoms. The van der Waals surface area contributed by atoms with E-state index in [1.807, 2.05) is 44.4 Å². The number of aromatic nitrogens is 1. The molecule has 164 valence electrons. The maximum Gasteiger partial charge on any atom is 0.233 e. The van der Waals surface area contributed by atoms with Gasteiger partial charge >= 0.3 is 0 Å². The Morgan fingerprint density at radius 2 is 1.77 bits per heavy atom. The maximum absolute atomic E-state index is 13.5. The van der Waals surface area contributed by atoms with Crippen molar-refractivity contribution in [2.75, 3.05) is 45.7 Å². The SMILES string of the molecule is CN(C)CCCNc1oc(-c2ccccc2)nc1S(=O)(=O)c1ccc2c(c1)OCCO2. The van der Waals surface area contributed by atoms with Gasteiger partial charge in [-0.25, -0.2) is 8.42 Å². The first-order chi connectivity index (χ1) is 14.9. The Balaban J connectivity index is 1.70. The minimum Gasteiger partial charge on any atom is -0.486 e. The van der Waals surface area contributed by atoms with Gasteiger partial charge in [0.05, 0.1) is 4.90 Å². The van der Waals surface area contributed by atoms with Crippen LogP contribution in [0.25, 0.3) is 11.5 Å². The lowest BCUT2D eigenvalue weighted by Crippen LogP contribution is -2.17. The second kappa shape index (κ2) is 8.99. The molecule has 0 fully saturated rings. The lowest BCUT2D eigenvalue weighted by atomic mass is 10.2. The molecule has 0 saturated heterocycles. The average molecular weight is 444 g/mol. The number of hydrogen-bond donors (Lipinski definition) is 1. The average Bonchev–Trinajstić information content (AvgIpc) is 3.22. The fourth-order valence-electron chi connectivity index (χ4n) is 3.20. The van der Waals surface area contributed by atoms with E-state index in [1.165, 1.54) is 12.1 Å². The smallest absolute Gasteiger partial charge is 0.233 e. The van der Waals surface area contributed by atoms with Crippen LogP contribution in [0.2, 0.25) is 0 Å². The molecule has 0 aliphatic carbocycles. The number of benzene rings is 2. The van der Waals surface area contributed by atoms with Crippen LogP contribution >= 0.6 is 0 Å². The van der Waals surface area contributed by atoms with Crippen LogP contribution in [0.4, 0.5) is 5.88 Å². The number of rotatable bonds is 8. The summed E-state index contributed by atoms with van der Waals surface area (Å²) in [4.78, 5) is 6.49. The van der Waals surface area contributed by atoms with Crippen LogP contribution < -0.4 is 14.8 Å². The highest BCUT2D eigenvalue weighted by molar-refractivity contribution is 7.91. The van der Waals surface area contributed by atoms with Gasteiger partial charge in [-0.1, -0.05) is 18.2 Å². The van der Waals surface area contributed by atoms with Crippen LogP contribution in [-0.2, 0) is 9.84 Å². The predicted octanol–water partition coefficient (Wildman–Crippen LogP) is 3.31. The van der Waals surface area contributed by atoms with E-state index in [4.69, 9.17) is 13.9 Å². The van der Waals surface area contributed by atoms with E-state index < -0.39 is 9.84 Å². The standard InChI is InChI=1S/C22H25N3O5S/c1-25(2)12-6-11-23-21-22(24-20(30-21)16-7-4-3-5-8-16)31(26,27)17-9-10-18-19(15-17)29-14-13-28-18/h3-5,7-10,15,23H,6,11-14H2,1-2H3. The number of hydrogen-bond acceptors (Lipinski definition) is 8. The van der Waals surface area contributed by atoms with E-state index in [0.717, 1.165) is 13.0 Å². The van der Waals surface area contributed by atoms with Crippen molar-refractivity contribution in [2.45, 2.75) is 16.3 Å². The molecule has 1 N–H and O–H groups in total. The zero-order chi connectivity index (χ0) is 21.8. The lowest BCUT2D eigenvalue weighted by Gasteiger charge is -2.18. The summed E-state index contributed by atoms with van der Waals surface area (Å²) >= 11 is 0. The van der Waals surface area contributed by atoms with Crippen LogP contribution in [-0.4, -0.2) is 58.7 Å². The van der Waals surface area contributed by atoms with E-state index >= 15 is 0 Å². The van der Waals surface area contributed by atoms with Crippen molar-refractivity contribution in [1.82, 2.24) is 9.88 Å². The number of nitrogens with zero attached hydrogens (tertiary/aromatic N) is 2. The molecule has 4 rings (SSSR count). The van der Waals surface area contributed by atoms with Gasteiger partial charge in [0, 0.05) is 18.2 Å². The van der Waals surface area contributed by atoms with Crippen LogP contribution in [0.15, 0.2) is 62.9 Å². The van der Waals surface area contributed by atoms with Gasteiger partial charge in [0.15, 0.2) is 11.5 Å². The first-order valence-electron chi connectivity index (χ1n) is 10.0. The molecule has 2 aromatic carbocycles. The summed E-state index contributed by atoms with van der Waals surface area (Å²) in [6.07, 6.45) is 0.817. The highest BCUT2D eigenvalue weighted by atomic mass is 32.2. The van der Waals surface area contributed by atoms with E-state index in [2.05, 4.69) is 15.2 Å². The van der Waals surface area contributed by atoms with Gasteiger partial charge in [-0.15, -0.1) is 0 Å². The summed E-state index contributed by atoms with van der Waals surface area (Å²) in [7, 11) is 0.0146. The highest BCUT2D eigenvalue weighted by Crippen LogP contribution is 2.37. The number of fused-ring (bicyclic) bond motifs is 1. The second-order valence-electron chi connectivity index (χ2n) is 7.41. The van der Waals surface area contributed by atoms with Gasteiger partial charge in [-0.2, -0.15) is 4.98 Å². The molecule has 31 heavy (non-hydrogen) atoms. The van der Waals surface area contributed by atoms with Crippen molar-refractivity contribution in [3.8, 4) is 23.0 Å². The zero-order valence-corrected chi connectivity index (χ0v) is 18.3. The molecule has 1 aliphatic heterocycles. The first-order valence-corrected chi connectivity index (χ1v) is 11.5. The van der Waals surface area contributed by atoms with Crippen molar-refractivity contribution >= 4 is 15.7 Å². The molecule has 8 nitrogen and oxygen atoms in total. The quantitative estimate of drug-likeness (QED) is 0.530. The molecular weight excluding hydrogens is 418 g/mol. The Labute approximate surface area is 181 Å². The number of nitrogens with one attached hydrogen (secondary N) is 1. The Kier molecular flexibility index (Phi) is 6.15. The van der Waals surface area contributed by atoms with Crippen LogP contribution in [0.3, 0.4) is 0 Å². The summed E-state index contributed by atoms with van der Waals surface area (Å²) in [5.41, 5.74) is 0.697. The van der Waals surface area contributed by atoms with Gasteiger partial charge in [-0.05, 0) is 51.3 Å². The summed E-state index contributed by atoms with van der Waals surface area (Å²) in [5, 5.41) is 2.96. The molecule has 0 saturated carbocycles. The third kappa shape index (κ3) is 4.67. The molecule has 0 radical (unpaired) electrons. The van der Waals surface area contributed by atoms with E-state index in [0.29, 0.717) is 36.8 Å². The van der Waals surface area contributed by atoms with E-state index in [-0.39, 0.29) is 21.7 Å². The van der Waals surface area contributed by atoms with Gasteiger partial charge < -0.3 is 24.1 Å². The monoisotopic (exact) mass is 443 g/mol. The van der Waals surface area contributed by atoms with E-state index in [9.17, 15) is 8.42 Å². The number of oxazole rings is 1. The molecular formula is C22H25N3O5S. The summed E-state index contributed by atoms with van der Waals surface area (Å²) in [6.45, 7) is 2.21. The van der Waals surface area contributed by atoms with Crippen LogP contribution in [0, 0.1) is 0 Å². The minimum atomic E-state index is -3.96. The highest BCUT2D eigenvalue weighted by Gasteiger charge is 2.30. The molecule has 1 aromatic heterocycles. The summed E-state index contributed by atoms with van der Waals surface area (Å²) < 4.78 is 43.8. The molecule has 0 unspecified atom stereocenters. The van der Waals surface area contributed by atoms with Crippen molar-refractivity contribution in [2.24, 2.45) is 0 Å². The predicted molar refractivity (Wildman–Crippen MR) is 116 cm³/mol. The van der Waals surface area contributed by atoms with Crippen molar-refractivity contribution in [3.63, 3.8) is 0 Å². The molecule has 0 spiro atoms. The molecule has 0 amide bonds. The molecule has 0 atom stereocenters. The van der Waals surface area contributed by atoms with Gasteiger partial charge in [0.2, 0.25) is 26.6 Å². The van der Waals surface area contributed by atoms with Gasteiger partial charge in [0.1, 0.15) is 13.2 Å². The largest absolute Gasteiger partial charge is 0.486 e. The molecule has 2 heterocycles. The minimum absolute atomic E-state index is 0.0704. The number of anilines is 1. The Morgan fingerprint density at radius 3 is 2.52 bits per heavy atom. The maximum atomic E-state index is 13.5. The third-order valence-corrected chi connectivity index (χ3v) is 6.42. The first kappa shape index (κ1) is 21.2.